The van der Waals surface area contributed by atoms with Crippen LogP contribution >= 0.6 is 11.6 Å². The number of hydrogen-bond acceptors (Lipinski definition) is 2. The summed E-state index contributed by atoms with van der Waals surface area (Å²) in [6, 6.07) is 3.10. The molecule has 0 amide bonds. The minimum atomic E-state index is -1.12. The van der Waals surface area contributed by atoms with E-state index in [1.54, 1.807) is 0 Å². The molecule has 1 aromatic rings. The molecule has 0 aliphatic carbocycles. The fourth-order valence-corrected chi connectivity index (χ4v) is 1.07. The smallest absolute Gasteiger partial charge is 0.258 e. The van der Waals surface area contributed by atoms with E-state index in [1.165, 1.54) is 12.8 Å². The molecule has 2 N–H and O–H groups in total. The molecule has 5 heteroatoms. The van der Waals surface area contributed by atoms with Gasteiger partial charge in [-0.3, -0.25) is 4.79 Å². The molecule has 1 rings (SSSR count). The third-order valence-electron chi connectivity index (χ3n) is 1.72. The van der Waals surface area contributed by atoms with Gasteiger partial charge in [-0.25, -0.2) is 8.78 Å². The predicted molar refractivity (Wildman–Crippen MR) is 60.5 cm³/mol. The molecule has 0 atom stereocenters. The van der Waals surface area contributed by atoms with E-state index >= 15 is 0 Å². The highest BCUT2D eigenvalue weighted by Crippen LogP contribution is 2.13. The lowest BCUT2D eigenvalue weighted by Crippen LogP contribution is -1.98. The second-order valence-electron chi connectivity index (χ2n) is 3.01. The van der Waals surface area contributed by atoms with Crippen LogP contribution in [0.15, 0.2) is 18.2 Å². The van der Waals surface area contributed by atoms with Crippen LogP contribution in [0.4, 0.5) is 8.78 Å². The molecule has 0 fully saturated rings. The standard InChI is InChI=1S/C7H3ClF2O.C4H11N/c8-7(11)6-4(9)2-1-3-5(6)10;1-2-3-4-5/h1-3H;2-5H2,1H3. The molecule has 2 nitrogen and oxygen atoms in total. The van der Waals surface area contributed by atoms with Crippen LogP contribution in [0.5, 0.6) is 0 Å². The highest BCUT2D eigenvalue weighted by Gasteiger charge is 2.13. The van der Waals surface area contributed by atoms with E-state index in [9.17, 15) is 13.6 Å². The summed E-state index contributed by atoms with van der Waals surface area (Å²) in [5.41, 5.74) is 4.44. The van der Waals surface area contributed by atoms with E-state index in [4.69, 9.17) is 17.3 Å². The van der Waals surface area contributed by atoms with Gasteiger partial charge >= 0.3 is 0 Å². The Morgan fingerprint density at radius 2 is 1.88 bits per heavy atom. The van der Waals surface area contributed by atoms with Crippen molar-refractivity contribution in [1.29, 1.82) is 0 Å². The quantitative estimate of drug-likeness (QED) is 0.837. The number of nitrogens with two attached hydrogens (primary N) is 1. The molecule has 0 aliphatic heterocycles. The van der Waals surface area contributed by atoms with Gasteiger partial charge in [-0.05, 0) is 36.7 Å². The first-order chi connectivity index (χ1) is 7.54. The highest BCUT2D eigenvalue weighted by atomic mass is 35.5. The average molecular weight is 250 g/mol. The summed E-state index contributed by atoms with van der Waals surface area (Å²) in [5, 5.41) is -1.12. The molecule has 16 heavy (non-hydrogen) atoms. The van der Waals surface area contributed by atoms with Gasteiger partial charge in [0.25, 0.3) is 5.24 Å². The number of rotatable bonds is 3. The summed E-state index contributed by atoms with van der Waals surface area (Å²) in [4.78, 5) is 10.4. The zero-order valence-corrected chi connectivity index (χ0v) is 9.73. The highest BCUT2D eigenvalue weighted by molar-refractivity contribution is 6.67. The maximum atomic E-state index is 12.6. The molecule has 0 saturated heterocycles. The Balaban J connectivity index is 0.000000385. The molecule has 0 aromatic heterocycles. The molecule has 0 aliphatic rings. The normalized spacial score (nSPS) is 9.31. The lowest BCUT2D eigenvalue weighted by Gasteiger charge is -1.96. The van der Waals surface area contributed by atoms with Crippen molar-refractivity contribution in [3.63, 3.8) is 0 Å². The lowest BCUT2D eigenvalue weighted by atomic mass is 10.2. The zero-order valence-electron chi connectivity index (χ0n) is 8.97. The third-order valence-corrected chi connectivity index (χ3v) is 1.91. The van der Waals surface area contributed by atoms with E-state index in [1.807, 2.05) is 0 Å². The summed E-state index contributed by atoms with van der Waals surface area (Å²) < 4.78 is 25.1. The van der Waals surface area contributed by atoms with Gasteiger partial charge in [0.15, 0.2) is 0 Å². The Morgan fingerprint density at radius 3 is 2.06 bits per heavy atom. The number of halogens is 3. The molecular formula is C11H14ClF2NO. The third kappa shape index (κ3) is 5.19. The van der Waals surface area contributed by atoms with Crippen LogP contribution in [0.2, 0.25) is 0 Å². The summed E-state index contributed by atoms with van der Waals surface area (Å²) in [6.45, 7) is 2.98. The Hall–Kier alpha value is -1.00. The van der Waals surface area contributed by atoms with Crippen LogP contribution in [0.25, 0.3) is 0 Å². The van der Waals surface area contributed by atoms with Gasteiger partial charge in [0.1, 0.15) is 17.2 Å². The molecule has 0 heterocycles. The zero-order chi connectivity index (χ0) is 12.6. The molecular weight excluding hydrogens is 236 g/mol. The van der Waals surface area contributed by atoms with Gasteiger partial charge in [0.05, 0.1) is 0 Å². The van der Waals surface area contributed by atoms with Crippen LogP contribution in [0.3, 0.4) is 0 Å². The van der Waals surface area contributed by atoms with Crippen LogP contribution in [-0.2, 0) is 0 Å². The first kappa shape index (κ1) is 15.0. The average Bonchev–Trinajstić information content (AvgIpc) is 2.19. The van der Waals surface area contributed by atoms with E-state index in [2.05, 4.69) is 6.92 Å². The van der Waals surface area contributed by atoms with Crippen molar-refractivity contribution in [3.05, 3.63) is 35.4 Å². The van der Waals surface area contributed by atoms with Gasteiger partial charge in [-0.2, -0.15) is 0 Å². The van der Waals surface area contributed by atoms with Crippen LogP contribution in [-0.4, -0.2) is 11.8 Å². The molecule has 1 aromatic carbocycles. The second kappa shape index (κ2) is 8.19. The predicted octanol–water partition coefficient (Wildman–Crippen LogP) is 3.09. The maximum Gasteiger partial charge on any atom is 0.258 e. The SMILES string of the molecule is CCCCN.O=C(Cl)c1c(F)cccc1F. The Kier molecular flexibility index (Phi) is 7.68. The van der Waals surface area contributed by atoms with Crippen molar-refractivity contribution in [1.82, 2.24) is 0 Å². The number of carbonyl (C=O) groups excluding carboxylic acids is 1. The first-order valence-corrected chi connectivity index (χ1v) is 5.26. The van der Waals surface area contributed by atoms with Crippen molar-refractivity contribution >= 4 is 16.8 Å². The van der Waals surface area contributed by atoms with Gasteiger partial charge < -0.3 is 5.73 Å². The van der Waals surface area contributed by atoms with Crippen molar-refractivity contribution < 1.29 is 13.6 Å². The molecule has 0 saturated carbocycles. The van der Waals surface area contributed by atoms with Gasteiger partial charge in [0.2, 0.25) is 0 Å². The monoisotopic (exact) mass is 249 g/mol. The fraction of sp³-hybridized carbons (Fsp3) is 0.364. The maximum absolute atomic E-state index is 12.6. The van der Waals surface area contributed by atoms with Crippen LogP contribution in [0, 0.1) is 11.6 Å². The van der Waals surface area contributed by atoms with E-state index in [0.717, 1.165) is 24.7 Å². The molecule has 0 radical (unpaired) electrons. The Bertz CT molecular complexity index is 323. The number of unbranched alkanes of at least 4 members (excludes halogenated alkanes) is 1. The molecule has 90 valence electrons. The summed E-state index contributed by atoms with van der Waals surface area (Å²) in [5.74, 6) is -1.88. The topological polar surface area (TPSA) is 43.1 Å². The van der Waals surface area contributed by atoms with E-state index in [-0.39, 0.29) is 0 Å². The van der Waals surface area contributed by atoms with Crippen LogP contribution in [0.1, 0.15) is 30.1 Å². The number of hydrogen-bond donors (Lipinski definition) is 1. The van der Waals surface area contributed by atoms with Gasteiger partial charge in [-0.1, -0.05) is 19.4 Å². The van der Waals surface area contributed by atoms with Crippen molar-refractivity contribution in [2.75, 3.05) is 6.54 Å². The lowest BCUT2D eigenvalue weighted by molar-refractivity contribution is 0.107. The minimum absolute atomic E-state index is 0.700. The molecule has 0 unspecified atom stereocenters. The second-order valence-corrected chi connectivity index (χ2v) is 3.36. The number of benzene rings is 1. The van der Waals surface area contributed by atoms with Crippen molar-refractivity contribution in [3.8, 4) is 0 Å². The Morgan fingerprint density at radius 1 is 1.38 bits per heavy atom. The van der Waals surface area contributed by atoms with Gasteiger partial charge in [-0.15, -0.1) is 0 Å². The molecule has 0 bridgehead atoms. The minimum Gasteiger partial charge on any atom is -0.330 e. The van der Waals surface area contributed by atoms with E-state index < -0.39 is 22.4 Å². The fourth-order valence-electron chi connectivity index (χ4n) is 0.890. The van der Waals surface area contributed by atoms with Gasteiger partial charge in [0, 0.05) is 0 Å². The summed E-state index contributed by atoms with van der Waals surface area (Å²) in [7, 11) is 0. The van der Waals surface area contributed by atoms with Crippen LogP contribution < -0.4 is 5.73 Å². The number of carbonyl (C=O) groups is 1. The van der Waals surface area contributed by atoms with Crippen molar-refractivity contribution in [2.24, 2.45) is 5.73 Å². The summed E-state index contributed by atoms with van der Waals surface area (Å²) in [6.07, 6.45) is 2.39. The largest absolute Gasteiger partial charge is 0.330 e. The Labute approximate surface area is 98.4 Å². The first-order valence-electron chi connectivity index (χ1n) is 4.88. The van der Waals surface area contributed by atoms with Crippen molar-refractivity contribution in [2.45, 2.75) is 19.8 Å². The molecule has 0 spiro atoms. The van der Waals surface area contributed by atoms with E-state index in [0.29, 0.717) is 0 Å². The summed E-state index contributed by atoms with van der Waals surface area (Å²) >= 11 is 4.89.